The standard InChI is InChI=1S/C24H44O4S/c1-17(2)24(5)13-23(28-16-24)11-19(4)22-12-20(14-27-15-22)10-18(3)21-6-8-29(25,26)9-7-21/h17-23H,6-16H2,1-5H3. The molecule has 4 nitrogen and oxygen atoms in total. The maximum absolute atomic E-state index is 11.7. The molecular formula is C24H44O4S. The van der Waals surface area contributed by atoms with Crippen LogP contribution in [-0.4, -0.2) is 45.8 Å². The van der Waals surface area contributed by atoms with Crippen LogP contribution in [0.3, 0.4) is 0 Å². The highest BCUT2D eigenvalue weighted by atomic mass is 32.2. The molecule has 0 N–H and O–H groups in total. The molecule has 0 aliphatic carbocycles. The Morgan fingerprint density at radius 2 is 1.62 bits per heavy atom. The van der Waals surface area contributed by atoms with Crippen LogP contribution in [-0.2, 0) is 19.3 Å². The Balaban J connectivity index is 1.45. The third-order valence-corrected chi connectivity index (χ3v) is 10.3. The normalized spacial score (nSPS) is 38.2. The van der Waals surface area contributed by atoms with E-state index >= 15 is 0 Å². The van der Waals surface area contributed by atoms with Gasteiger partial charge in [0.1, 0.15) is 9.84 Å². The van der Waals surface area contributed by atoms with E-state index in [4.69, 9.17) is 9.47 Å². The van der Waals surface area contributed by atoms with Gasteiger partial charge in [-0.2, -0.15) is 0 Å². The second-order valence-corrected chi connectivity index (χ2v) is 13.6. The first-order valence-corrected chi connectivity index (χ1v) is 13.8. The molecule has 0 amide bonds. The molecule has 0 spiro atoms. The molecule has 5 heteroatoms. The quantitative estimate of drug-likeness (QED) is 0.575. The van der Waals surface area contributed by atoms with Crippen molar-refractivity contribution in [1.82, 2.24) is 0 Å². The van der Waals surface area contributed by atoms with Crippen molar-refractivity contribution in [3.63, 3.8) is 0 Å². The third kappa shape index (κ3) is 6.20. The van der Waals surface area contributed by atoms with Crippen LogP contribution in [0.2, 0.25) is 0 Å². The molecule has 0 saturated carbocycles. The summed E-state index contributed by atoms with van der Waals surface area (Å²) in [7, 11) is -2.76. The van der Waals surface area contributed by atoms with Gasteiger partial charge in [0, 0.05) is 13.2 Å². The number of ether oxygens (including phenoxy) is 2. The average molecular weight is 429 g/mol. The molecule has 3 fully saturated rings. The van der Waals surface area contributed by atoms with E-state index in [1.807, 2.05) is 0 Å². The van der Waals surface area contributed by atoms with E-state index in [2.05, 4.69) is 34.6 Å². The van der Waals surface area contributed by atoms with Crippen molar-refractivity contribution in [2.45, 2.75) is 79.2 Å². The molecule has 170 valence electrons. The van der Waals surface area contributed by atoms with Crippen LogP contribution in [0.4, 0.5) is 0 Å². The van der Waals surface area contributed by atoms with Gasteiger partial charge in [-0.15, -0.1) is 0 Å². The van der Waals surface area contributed by atoms with Crippen molar-refractivity contribution in [1.29, 1.82) is 0 Å². The largest absolute Gasteiger partial charge is 0.381 e. The summed E-state index contributed by atoms with van der Waals surface area (Å²) in [5.41, 5.74) is 0.332. The fourth-order valence-corrected chi connectivity index (χ4v) is 7.34. The van der Waals surface area contributed by atoms with Crippen molar-refractivity contribution < 1.29 is 17.9 Å². The van der Waals surface area contributed by atoms with Gasteiger partial charge in [0.2, 0.25) is 0 Å². The van der Waals surface area contributed by atoms with Gasteiger partial charge in [0.15, 0.2) is 0 Å². The zero-order valence-corrected chi connectivity index (χ0v) is 20.2. The zero-order valence-electron chi connectivity index (χ0n) is 19.4. The summed E-state index contributed by atoms with van der Waals surface area (Å²) in [6.07, 6.45) is 6.88. The zero-order chi connectivity index (χ0) is 21.2. The Morgan fingerprint density at radius 1 is 0.966 bits per heavy atom. The highest BCUT2D eigenvalue weighted by Crippen LogP contribution is 2.42. The van der Waals surface area contributed by atoms with Gasteiger partial charge in [0.05, 0.1) is 24.2 Å². The smallest absolute Gasteiger partial charge is 0.150 e. The number of hydrogen-bond acceptors (Lipinski definition) is 4. The molecule has 3 aliphatic rings. The Bertz CT molecular complexity index is 617. The van der Waals surface area contributed by atoms with Crippen LogP contribution >= 0.6 is 0 Å². The topological polar surface area (TPSA) is 52.6 Å². The summed E-state index contributed by atoms with van der Waals surface area (Å²) < 4.78 is 35.7. The van der Waals surface area contributed by atoms with E-state index in [0.717, 1.165) is 39.1 Å². The van der Waals surface area contributed by atoms with E-state index in [1.165, 1.54) is 19.3 Å². The van der Waals surface area contributed by atoms with Gasteiger partial charge in [-0.25, -0.2) is 8.42 Å². The second-order valence-electron chi connectivity index (χ2n) is 11.3. The lowest BCUT2D eigenvalue weighted by atomic mass is 9.74. The minimum Gasteiger partial charge on any atom is -0.381 e. The lowest BCUT2D eigenvalue weighted by Crippen LogP contribution is -2.34. The third-order valence-electron chi connectivity index (χ3n) is 8.61. The van der Waals surface area contributed by atoms with E-state index in [1.54, 1.807) is 0 Å². The van der Waals surface area contributed by atoms with Crippen LogP contribution in [0.5, 0.6) is 0 Å². The van der Waals surface area contributed by atoms with E-state index in [-0.39, 0.29) is 0 Å². The predicted molar refractivity (Wildman–Crippen MR) is 119 cm³/mol. The summed E-state index contributed by atoms with van der Waals surface area (Å²) >= 11 is 0. The summed E-state index contributed by atoms with van der Waals surface area (Å²) in [5, 5.41) is 0. The van der Waals surface area contributed by atoms with Gasteiger partial charge in [-0.3, -0.25) is 0 Å². The fourth-order valence-electron chi connectivity index (χ4n) is 5.81. The Kier molecular flexibility index (Phi) is 7.76. The second kappa shape index (κ2) is 9.56. The van der Waals surface area contributed by atoms with Gasteiger partial charge in [-0.05, 0) is 79.4 Å². The number of sulfone groups is 1. The maximum Gasteiger partial charge on any atom is 0.150 e. The summed E-state index contributed by atoms with van der Waals surface area (Å²) in [4.78, 5) is 0. The van der Waals surface area contributed by atoms with Gasteiger partial charge in [0.25, 0.3) is 0 Å². The van der Waals surface area contributed by atoms with Crippen LogP contribution < -0.4 is 0 Å². The molecule has 0 bridgehead atoms. The van der Waals surface area contributed by atoms with Crippen molar-refractivity contribution in [2.75, 3.05) is 31.3 Å². The van der Waals surface area contributed by atoms with E-state index < -0.39 is 9.84 Å². The van der Waals surface area contributed by atoms with Crippen molar-refractivity contribution in [3.05, 3.63) is 0 Å². The lowest BCUT2D eigenvalue weighted by molar-refractivity contribution is -0.0222. The highest BCUT2D eigenvalue weighted by Gasteiger charge is 2.40. The van der Waals surface area contributed by atoms with E-state index in [0.29, 0.717) is 58.5 Å². The molecule has 3 heterocycles. The molecule has 0 aromatic carbocycles. The van der Waals surface area contributed by atoms with Crippen molar-refractivity contribution >= 4 is 9.84 Å². The first kappa shape index (κ1) is 23.5. The summed E-state index contributed by atoms with van der Waals surface area (Å²) in [6.45, 7) is 14.4. The first-order chi connectivity index (χ1) is 13.6. The maximum atomic E-state index is 11.7. The molecule has 3 rings (SSSR count). The number of hydrogen-bond donors (Lipinski definition) is 0. The molecule has 6 unspecified atom stereocenters. The van der Waals surface area contributed by atoms with Crippen molar-refractivity contribution in [2.24, 2.45) is 40.9 Å². The molecule has 0 aromatic rings. The predicted octanol–water partition coefficient (Wildman–Crippen LogP) is 4.97. The SMILES string of the molecule is CC(CC1COCC(C(C)CC2CC(C)(C(C)C)CO2)C1)C1CCS(=O)(=O)CC1. The molecule has 3 aliphatic heterocycles. The van der Waals surface area contributed by atoms with Gasteiger partial charge < -0.3 is 9.47 Å². The van der Waals surface area contributed by atoms with Crippen LogP contribution in [0.25, 0.3) is 0 Å². The Hall–Kier alpha value is -0.130. The fraction of sp³-hybridized carbons (Fsp3) is 1.00. The van der Waals surface area contributed by atoms with Crippen LogP contribution in [0.15, 0.2) is 0 Å². The van der Waals surface area contributed by atoms with E-state index in [9.17, 15) is 8.42 Å². The van der Waals surface area contributed by atoms with Crippen molar-refractivity contribution in [3.8, 4) is 0 Å². The molecule has 0 aromatic heterocycles. The molecule has 29 heavy (non-hydrogen) atoms. The van der Waals surface area contributed by atoms with Gasteiger partial charge >= 0.3 is 0 Å². The first-order valence-electron chi connectivity index (χ1n) is 12.0. The van der Waals surface area contributed by atoms with Gasteiger partial charge in [-0.1, -0.05) is 34.6 Å². The summed E-state index contributed by atoms with van der Waals surface area (Å²) in [5.74, 6) is 4.49. The minimum atomic E-state index is -2.76. The number of rotatable bonds is 7. The highest BCUT2D eigenvalue weighted by molar-refractivity contribution is 7.91. The Morgan fingerprint density at radius 3 is 2.24 bits per heavy atom. The molecule has 3 saturated heterocycles. The lowest BCUT2D eigenvalue weighted by Gasteiger charge is -2.37. The average Bonchev–Trinajstić information content (AvgIpc) is 3.04. The summed E-state index contributed by atoms with van der Waals surface area (Å²) in [6, 6.07) is 0. The monoisotopic (exact) mass is 428 g/mol. The molecule has 6 atom stereocenters. The minimum absolute atomic E-state index is 0.332. The Labute approximate surface area is 179 Å². The van der Waals surface area contributed by atoms with Crippen LogP contribution in [0, 0.1) is 40.9 Å². The molecule has 0 radical (unpaired) electrons. The van der Waals surface area contributed by atoms with Crippen LogP contribution in [0.1, 0.15) is 73.1 Å². The molecular weight excluding hydrogens is 384 g/mol.